The Morgan fingerprint density at radius 2 is 2.24 bits per heavy atom. The number of ether oxygens (including phenoxy) is 1. The monoisotopic (exact) mass is 281 g/mol. The first-order valence-corrected chi connectivity index (χ1v) is 6.78. The Labute approximate surface area is 123 Å². The maximum Gasteiger partial charge on any atom is 0.140 e. The molecule has 0 aliphatic carbocycles. The van der Waals surface area contributed by atoms with Crippen molar-refractivity contribution in [3.63, 3.8) is 0 Å². The molecule has 0 bridgehead atoms. The van der Waals surface area contributed by atoms with Crippen molar-refractivity contribution in [1.82, 2.24) is 4.98 Å². The minimum Gasteiger partial charge on any atom is -0.508 e. The molecule has 0 unspecified atom stereocenters. The molecule has 1 N–H and O–H groups in total. The molecule has 3 rings (SSSR count). The van der Waals surface area contributed by atoms with E-state index in [9.17, 15) is 5.11 Å². The summed E-state index contributed by atoms with van der Waals surface area (Å²) >= 11 is 0. The minimum atomic E-state index is -0.0820. The molecular formula is C16H15N3O2. The number of phenols is 1. The number of morpholine rings is 1. The van der Waals surface area contributed by atoms with Crippen molar-refractivity contribution in [2.75, 3.05) is 24.6 Å². The van der Waals surface area contributed by atoms with Crippen LogP contribution in [0.15, 0.2) is 42.6 Å². The molecule has 0 amide bonds. The molecule has 1 atom stereocenters. The summed E-state index contributed by atoms with van der Waals surface area (Å²) < 4.78 is 5.79. The first-order valence-electron chi connectivity index (χ1n) is 6.78. The zero-order chi connectivity index (χ0) is 14.7. The van der Waals surface area contributed by atoms with Crippen LogP contribution in [0.3, 0.4) is 0 Å². The predicted octanol–water partition coefficient (Wildman–Crippen LogP) is 2.24. The standard InChI is InChI=1S/C16H15N3O2/c17-9-13-4-5-14(10-18-13)19-6-7-21-16(11-19)12-2-1-3-15(20)8-12/h1-5,8,10,16,20H,6-7,11H2/t16-/m0/s1. The molecule has 0 radical (unpaired) electrons. The molecule has 2 heterocycles. The molecule has 1 aromatic carbocycles. The van der Waals surface area contributed by atoms with Crippen LogP contribution in [0.5, 0.6) is 5.75 Å². The maximum absolute atomic E-state index is 9.57. The minimum absolute atomic E-state index is 0.0820. The third kappa shape index (κ3) is 2.96. The highest BCUT2D eigenvalue weighted by molar-refractivity contribution is 5.47. The SMILES string of the molecule is N#Cc1ccc(N2CCO[C@H](c3cccc(O)c3)C2)cn1. The van der Waals surface area contributed by atoms with Crippen LogP contribution in [0.25, 0.3) is 0 Å². The number of nitriles is 1. The second-order valence-electron chi connectivity index (χ2n) is 4.91. The number of aromatic nitrogens is 1. The molecule has 0 spiro atoms. The smallest absolute Gasteiger partial charge is 0.140 e. The van der Waals surface area contributed by atoms with Crippen molar-refractivity contribution in [1.29, 1.82) is 5.26 Å². The van der Waals surface area contributed by atoms with E-state index < -0.39 is 0 Å². The Kier molecular flexibility index (Phi) is 3.71. The fourth-order valence-electron chi connectivity index (χ4n) is 2.45. The summed E-state index contributed by atoms with van der Waals surface area (Å²) in [5, 5.41) is 18.4. The summed E-state index contributed by atoms with van der Waals surface area (Å²) in [7, 11) is 0. The number of aromatic hydroxyl groups is 1. The Hall–Kier alpha value is -2.58. The van der Waals surface area contributed by atoms with Gasteiger partial charge in [-0.15, -0.1) is 0 Å². The summed E-state index contributed by atoms with van der Waals surface area (Å²) in [6, 6.07) is 12.8. The molecule has 21 heavy (non-hydrogen) atoms. The van der Waals surface area contributed by atoms with E-state index >= 15 is 0 Å². The van der Waals surface area contributed by atoms with Crippen LogP contribution < -0.4 is 4.90 Å². The van der Waals surface area contributed by atoms with Gasteiger partial charge in [-0.2, -0.15) is 5.26 Å². The number of hydrogen-bond acceptors (Lipinski definition) is 5. The first-order chi connectivity index (χ1) is 10.3. The zero-order valence-electron chi connectivity index (χ0n) is 11.4. The number of nitrogens with zero attached hydrogens (tertiary/aromatic N) is 3. The molecule has 5 heteroatoms. The summed E-state index contributed by atoms with van der Waals surface area (Å²) in [5.41, 5.74) is 2.35. The second kappa shape index (κ2) is 5.81. The maximum atomic E-state index is 9.57. The van der Waals surface area contributed by atoms with Crippen molar-refractivity contribution in [3.8, 4) is 11.8 Å². The van der Waals surface area contributed by atoms with Gasteiger partial charge in [-0.3, -0.25) is 0 Å². The van der Waals surface area contributed by atoms with Crippen molar-refractivity contribution >= 4 is 5.69 Å². The van der Waals surface area contributed by atoms with E-state index in [1.165, 1.54) is 0 Å². The van der Waals surface area contributed by atoms with E-state index in [-0.39, 0.29) is 11.9 Å². The number of rotatable bonds is 2. The Bertz CT molecular complexity index is 664. The highest BCUT2D eigenvalue weighted by Gasteiger charge is 2.22. The molecule has 1 fully saturated rings. The summed E-state index contributed by atoms with van der Waals surface area (Å²) in [5.74, 6) is 0.244. The number of benzene rings is 1. The molecule has 5 nitrogen and oxygen atoms in total. The van der Waals surface area contributed by atoms with Gasteiger partial charge >= 0.3 is 0 Å². The average molecular weight is 281 g/mol. The fraction of sp³-hybridized carbons (Fsp3) is 0.250. The number of phenolic OH excluding ortho intramolecular Hbond substituents is 1. The Morgan fingerprint density at radius 1 is 1.33 bits per heavy atom. The lowest BCUT2D eigenvalue weighted by molar-refractivity contribution is 0.0396. The molecule has 1 aromatic heterocycles. The zero-order valence-corrected chi connectivity index (χ0v) is 11.4. The van der Waals surface area contributed by atoms with Crippen LogP contribution in [0, 0.1) is 11.3 Å². The van der Waals surface area contributed by atoms with Crippen LogP contribution in [0.1, 0.15) is 17.4 Å². The van der Waals surface area contributed by atoms with Crippen LogP contribution in [0.2, 0.25) is 0 Å². The van der Waals surface area contributed by atoms with Gasteiger partial charge in [0.15, 0.2) is 0 Å². The molecule has 1 aliphatic rings. The number of anilines is 1. The second-order valence-corrected chi connectivity index (χ2v) is 4.91. The van der Waals surface area contributed by atoms with E-state index in [0.29, 0.717) is 18.8 Å². The molecule has 0 saturated carbocycles. The largest absolute Gasteiger partial charge is 0.508 e. The summed E-state index contributed by atoms with van der Waals surface area (Å²) in [6.45, 7) is 2.08. The summed E-state index contributed by atoms with van der Waals surface area (Å²) in [6.07, 6.45) is 1.63. The van der Waals surface area contributed by atoms with Gasteiger partial charge in [0.25, 0.3) is 0 Å². The van der Waals surface area contributed by atoms with Crippen LogP contribution >= 0.6 is 0 Å². The molecule has 106 valence electrons. The lowest BCUT2D eigenvalue weighted by Crippen LogP contribution is -2.38. The van der Waals surface area contributed by atoms with Gasteiger partial charge in [0.05, 0.1) is 18.5 Å². The van der Waals surface area contributed by atoms with Gasteiger partial charge in [-0.25, -0.2) is 4.98 Å². The third-order valence-electron chi connectivity index (χ3n) is 3.54. The van der Waals surface area contributed by atoms with Gasteiger partial charge in [-0.1, -0.05) is 12.1 Å². The van der Waals surface area contributed by atoms with Crippen molar-refractivity contribution < 1.29 is 9.84 Å². The van der Waals surface area contributed by atoms with Crippen molar-refractivity contribution in [2.24, 2.45) is 0 Å². The van der Waals surface area contributed by atoms with E-state index in [1.807, 2.05) is 24.3 Å². The topological polar surface area (TPSA) is 69.4 Å². The first kappa shape index (κ1) is 13.4. The van der Waals surface area contributed by atoms with Crippen LogP contribution in [-0.2, 0) is 4.74 Å². The van der Waals surface area contributed by atoms with E-state index in [1.54, 1.807) is 24.4 Å². The van der Waals surface area contributed by atoms with Crippen molar-refractivity contribution in [2.45, 2.75) is 6.10 Å². The van der Waals surface area contributed by atoms with Gasteiger partial charge in [0, 0.05) is 13.1 Å². The molecular weight excluding hydrogens is 266 g/mol. The highest BCUT2D eigenvalue weighted by Crippen LogP contribution is 2.27. The number of hydrogen-bond donors (Lipinski definition) is 1. The van der Waals surface area contributed by atoms with Crippen LogP contribution in [0.4, 0.5) is 5.69 Å². The van der Waals surface area contributed by atoms with Gasteiger partial charge in [-0.05, 0) is 29.8 Å². The third-order valence-corrected chi connectivity index (χ3v) is 3.54. The van der Waals surface area contributed by atoms with Crippen molar-refractivity contribution in [3.05, 3.63) is 53.9 Å². The lowest BCUT2D eigenvalue weighted by Gasteiger charge is -2.34. The molecule has 1 aliphatic heterocycles. The molecule has 2 aromatic rings. The highest BCUT2D eigenvalue weighted by atomic mass is 16.5. The average Bonchev–Trinajstić information content (AvgIpc) is 2.55. The predicted molar refractivity (Wildman–Crippen MR) is 78.0 cm³/mol. The van der Waals surface area contributed by atoms with E-state index in [4.69, 9.17) is 10.00 Å². The Morgan fingerprint density at radius 3 is 2.95 bits per heavy atom. The number of pyridine rings is 1. The molecule has 1 saturated heterocycles. The van der Waals surface area contributed by atoms with E-state index in [2.05, 4.69) is 9.88 Å². The van der Waals surface area contributed by atoms with E-state index in [0.717, 1.165) is 17.8 Å². The van der Waals surface area contributed by atoms with Gasteiger partial charge < -0.3 is 14.7 Å². The summed E-state index contributed by atoms with van der Waals surface area (Å²) in [4.78, 5) is 6.27. The fourth-order valence-corrected chi connectivity index (χ4v) is 2.45. The lowest BCUT2D eigenvalue weighted by atomic mass is 10.1. The van der Waals surface area contributed by atoms with Gasteiger partial charge in [0.2, 0.25) is 0 Å². The normalized spacial score (nSPS) is 18.2. The van der Waals surface area contributed by atoms with Crippen LogP contribution in [-0.4, -0.2) is 29.8 Å². The quantitative estimate of drug-likeness (QED) is 0.914. The Balaban J connectivity index is 1.77. The van der Waals surface area contributed by atoms with Gasteiger partial charge in [0.1, 0.15) is 23.6 Å².